The first-order valence-corrected chi connectivity index (χ1v) is 9.52. The predicted octanol–water partition coefficient (Wildman–Crippen LogP) is 4.42. The SMILES string of the molecule is NCCCCNc1nc2c(Br)c(Br)c(Br)c3c2n1CCC3. The molecule has 0 spiro atoms. The molecular formula is C14H17Br3N4. The maximum atomic E-state index is 5.54. The summed E-state index contributed by atoms with van der Waals surface area (Å²) in [5, 5.41) is 3.46. The lowest BCUT2D eigenvalue weighted by molar-refractivity contribution is 0.632. The van der Waals surface area contributed by atoms with E-state index in [1.165, 1.54) is 11.1 Å². The number of nitrogens with one attached hydrogen (secondary N) is 1. The minimum atomic E-state index is 0.744. The topological polar surface area (TPSA) is 55.9 Å². The summed E-state index contributed by atoms with van der Waals surface area (Å²) >= 11 is 11.0. The second-order valence-electron chi connectivity index (χ2n) is 5.23. The van der Waals surface area contributed by atoms with Crippen molar-refractivity contribution in [3.8, 4) is 0 Å². The highest BCUT2D eigenvalue weighted by atomic mass is 79.9. The number of benzene rings is 1. The number of aryl methyl sites for hydroxylation is 2. The molecule has 7 heteroatoms. The van der Waals surface area contributed by atoms with E-state index >= 15 is 0 Å². The summed E-state index contributed by atoms with van der Waals surface area (Å²) in [6.45, 7) is 2.67. The van der Waals surface area contributed by atoms with Gasteiger partial charge in [-0.15, -0.1) is 0 Å². The van der Waals surface area contributed by atoms with Crippen LogP contribution < -0.4 is 11.1 Å². The molecule has 1 aromatic heterocycles. The maximum Gasteiger partial charge on any atom is 0.203 e. The molecule has 2 aromatic rings. The standard InChI is InChI=1S/C14H17Br3N4/c15-9-8-4-3-7-21-13(8)12(11(17)10(9)16)20-14(21)19-6-2-1-5-18/h1-7,18H2,(H,19,20). The van der Waals surface area contributed by atoms with Gasteiger partial charge in [0.15, 0.2) is 0 Å². The Morgan fingerprint density at radius 2 is 1.95 bits per heavy atom. The van der Waals surface area contributed by atoms with Crippen molar-refractivity contribution in [1.82, 2.24) is 9.55 Å². The molecule has 0 radical (unpaired) electrons. The quantitative estimate of drug-likeness (QED) is 0.492. The van der Waals surface area contributed by atoms with Crippen molar-refractivity contribution in [3.05, 3.63) is 19.0 Å². The number of hydrogen-bond acceptors (Lipinski definition) is 3. The van der Waals surface area contributed by atoms with Crippen LogP contribution in [0.5, 0.6) is 0 Å². The van der Waals surface area contributed by atoms with Gasteiger partial charge in [0.2, 0.25) is 5.95 Å². The number of hydrogen-bond donors (Lipinski definition) is 2. The minimum absolute atomic E-state index is 0.744. The maximum absolute atomic E-state index is 5.54. The van der Waals surface area contributed by atoms with Gasteiger partial charge in [0, 0.05) is 22.0 Å². The fourth-order valence-electron chi connectivity index (χ4n) is 2.81. The van der Waals surface area contributed by atoms with Crippen LogP contribution in [0.15, 0.2) is 13.4 Å². The van der Waals surface area contributed by atoms with Gasteiger partial charge in [0.1, 0.15) is 5.52 Å². The number of rotatable bonds is 5. The van der Waals surface area contributed by atoms with E-state index in [0.29, 0.717) is 0 Å². The molecule has 0 amide bonds. The fourth-order valence-corrected chi connectivity index (χ4v) is 4.56. The van der Waals surface area contributed by atoms with E-state index in [4.69, 9.17) is 10.7 Å². The highest BCUT2D eigenvalue weighted by Gasteiger charge is 2.24. The summed E-state index contributed by atoms with van der Waals surface area (Å²) in [5.74, 6) is 0.966. The third-order valence-corrected chi connectivity index (χ3v) is 7.34. The van der Waals surface area contributed by atoms with Gasteiger partial charge in [-0.2, -0.15) is 0 Å². The molecule has 0 fully saturated rings. The van der Waals surface area contributed by atoms with Gasteiger partial charge in [-0.25, -0.2) is 4.98 Å². The molecule has 0 saturated carbocycles. The van der Waals surface area contributed by atoms with Crippen molar-refractivity contribution >= 4 is 64.8 Å². The highest BCUT2D eigenvalue weighted by molar-refractivity contribution is 9.14. The number of nitrogens with two attached hydrogens (primary N) is 1. The van der Waals surface area contributed by atoms with E-state index in [-0.39, 0.29) is 0 Å². The second kappa shape index (κ2) is 6.56. The number of imidazole rings is 1. The molecule has 1 aliphatic rings. The Morgan fingerprint density at radius 3 is 2.71 bits per heavy atom. The van der Waals surface area contributed by atoms with Crippen LogP contribution in [0.3, 0.4) is 0 Å². The Kier molecular flexibility index (Phi) is 4.93. The average molecular weight is 481 g/mol. The van der Waals surface area contributed by atoms with E-state index in [2.05, 4.69) is 57.7 Å². The Balaban J connectivity index is 2.04. The molecule has 3 N–H and O–H groups in total. The third kappa shape index (κ3) is 2.78. The minimum Gasteiger partial charge on any atom is -0.356 e. The van der Waals surface area contributed by atoms with E-state index in [1.54, 1.807) is 0 Å². The largest absolute Gasteiger partial charge is 0.356 e. The van der Waals surface area contributed by atoms with Gasteiger partial charge in [-0.3, -0.25) is 0 Å². The van der Waals surface area contributed by atoms with E-state index in [0.717, 1.165) is 70.2 Å². The van der Waals surface area contributed by atoms with Gasteiger partial charge in [-0.05, 0) is 85.6 Å². The van der Waals surface area contributed by atoms with Crippen molar-refractivity contribution in [2.24, 2.45) is 5.73 Å². The molecule has 3 rings (SSSR count). The van der Waals surface area contributed by atoms with Gasteiger partial charge in [0.25, 0.3) is 0 Å². The van der Waals surface area contributed by atoms with E-state index in [9.17, 15) is 0 Å². The van der Waals surface area contributed by atoms with Crippen LogP contribution in [0.2, 0.25) is 0 Å². The smallest absolute Gasteiger partial charge is 0.203 e. The Bertz CT molecular complexity index is 681. The molecule has 114 valence electrons. The van der Waals surface area contributed by atoms with Gasteiger partial charge < -0.3 is 15.6 Å². The second-order valence-corrected chi connectivity index (χ2v) is 7.61. The molecule has 1 aliphatic heterocycles. The summed E-state index contributed by atoms with van der Waals surface area (Å²) in [5.41, 5.74) is 9.15. The van der Waals surface area contributed by atoms with E-state index < -0.39 is 0 Å². The molecule has 0 unspecified atom stereocenters. The van der Waals surface area contributed by atoms with Crippen LogP contribution in [-0.4, -0.2) is 22.6 Å². The molecule has 2 heterocycles. The molecule has 4 nitrogen and oxygen atoms in total. The molecular weight excluding hydrogens is 464 g/mol. The van der Waals surface area contributed by atoms with E-state index in [1.807, 2.05) is 0 Å². The zero-order valence-electron chi connectivity index (χ0n) is 11.6. The molecule has 21 heavy (non-hydrogen) atoms. The van der Waals surface area contributed by atoms with Crippen LogP contribution in [0.4, 0.5) is 5.95 Å². The van der Waals surface area contributed by atoms with Crippen LogP contribution in [0.25, 0.3) is 11.0 Å². The summed E-state index contributed by atoms with van der Waals surface area (Å²) in [6.07, 6.45) is 4.34. The Hall–Kier alpha value is -0.110. The molecule has 0 saturated heterocycles. The Morgan fingerprint density at radius 1 is 1.14 bits per heavy atom. The number of aromatic nitrogens is 2. The first-order chi connectivity index (χ1) is 10.1. The van der Waals surface area contributed by atoms with Crippen LogP contribution in [0, 0.1) is 0 Å². The Labute approximate surface area is 149 Å². The fraction of sp³-hybridized carbons (Fsp3) is 0.500. The van der Waals surface area contributed by atoms with Crippen molar-refractivity contribution in [2.75, 3.05) is 18.4 Å². The molecule has 1 aromatic carbocycles. The molecule has 0 atom stereocenters. The lowest BCUT2D eigenvalue weighted by Crippen LogP contribution is -2.14. The first-order valence-electron chi connectivity index (χ1n) is 7.14. The highest BCUT2D eigenvalue weighted by Crippen LogP contribution is 2.43. The number of nitrogens with zero attached hydrogens (tertiary/aromatic N) is 2. The van der Waals surface area contributed by atoms with Crippen molar-refractivity contribution < 1.29 is 0 Å². The molecule has 0 bridgehead atoms. The zero-order valence-corrected chi connectivity index (χ0v) is 16.3. The van der Waals surface area contributed by atoms with Crippen molar-refractivity contribution in [3.63, 3.8) is 0 Å². The zero-order chi connectivity index (χ0) is 15.0. The lowest BCUT2D eigenvalue weighted by atomic mass is 10.0. The molecule has 0 aliphatic carbocycles. The normalized spacial score (nSPS) is 13.9. The lowest BCUT2D eigenvalue weighted by Gasteiger charge is -2.19. The van der Waals surface area contributed by atoms with Crippen molar-refractivity contribution in [1.29, 1.82) is 0 Å². The summed E-state index contributed by atoms with van der Waals surface area (Å²) < 4.78 is 5.50. The number of anilines is 1. The van der Waals surface area contributed by atoms with Gasteiger partial charge in [-0.1, -0.05) is 0 Å². The summed E-state index contributed by atoms with van der Waals surface area (Å²) in [6, 6.07) is 0. The first kappa shape index (κ1) is 15.8. The van der Waals surface area contributed by atoms with Crippen molar-refractivity contribution in [2.45, 2.75) is 32.2 Å². The number of halogens is 3. The monoisotopic (exact) mass is 478 g/mol. The summed E-state index contributed by atoms with van der Waals surface area (Å²) in [7, 11) is 0. The van der Waals surface area contributed by atoms with Crippen LogP contribution in [0.1, 0.15) is 24.8 Å². The predicted molar refractivity (Wildman–Crippen MR) is 97.9 cm³/mol. The van der Waals surface area contributed by atoms with Gasteiger partial charge in [0.05, 0.1) is 9.99 Å². The number of unbranched alkanes of at least 4 members (excludes halogenated alkanes) is 1. The summed E-state index contributed by atoms with van der Waals surface area (Å²) in [4.78, 5) is 4.81. The third-order valence-electron chi connectivity index (χ3n) is 3.83. The van der Waals surface area contributed by atoms with Gasteiger partial charge >= 0.3 is 0 Å². The van der Waals surface area contributed by atoms with Crippen LogP contribution >= 0.6 is 47.8 Å². The van der Waals surface area contributed by atoms with Crippen LogP contribution in [-0.2, 0) is 13.0 Å². The average Bonchev–Trinajstić information content (AvgIpc) is 2.87.